The molecular formula is C23H26FN6O9P. The van der Waals surface area contributed by atoms with Crippen LogP contribution < -0.4 is 34.5 Å². The molecule has 4 rings (SSSR count). The standard InChI is InChI=1S/C23H26FN6O9P/c1-23(2)21(31)30(11-38-40(32,33)34)20-14(39-23)6-7-17(28-20)27-19-13(24)10-25-22(29-19)26-12-8-15(35-3)18(37-5)16(9-12)36-4/h6-10H,11H2,1-5H3,(H2,32,33,34)(H2,25,26,27,28,29)/i1D3,2D3,3D3,4D3,5D3,10D. The minimum Gasteiger partial charge on any atom is -0.493 e. The van der Waals surface area contributed by atoms with E-state index in [1.165, 1.54) is 0 Å². The second-order valence-corrected chi connectivity index (χ2v) is 8.70. The lowest BCUT2D eigenvalue weighted by atomic mass is 10.1. The summed E-state index contributed by atoms with van der Waals surface area (Å²) >= 11 is 0. The van der Waals surface area contributed by atoms with Gasteiger partial charge in [-0.25, -0.2) is 18.9 Å². The minimum atomic E-state index is -5.40. The first kappa shape index (κ1) is 14.4. The summed E-state index contributed by atoms with van der Waals surface area (Å²) in [4.78, 5) is 43.6. The molecule has 17 heteroatoms. The van der Waals surface area contributed by atoms with Crippen LogP contribution in [0.1, 0.15) is 35.6 Å². The summed E-state index contributed by atoms with van der Waals surface area (Å²) in [6.07, 6.45) is -1.13. The molecule has 0 spiro atoms. The number of pyridine rings is 1. The molecule has 1 aromatic carbocycles. The van der Waals surface area contributed by atoms with Crippen molar-refractivity contribution in [3.8, 4) is 23.0 Å². The number of amides is 1. The lowest BCUT2D eigenvalue weighted by Crippen LogP contribution is -2.53. The summed E-state index contributed by atoms with van der Waals surface area (Å²) in [6.45, 7) is -8.90. The van der Waals surface area contributed by atoms with E-state index in [4.69, 9.17) is 40.9 Å². The number of hydrogen-bond donors (Lipinski definition) is 4. The monoisotopic (exact) mass is 596 g/mol. The number of carbonyl (C=O) groups excluding carboxylic acids is 1. The van der Waals surface area contributed by atoms with Gasteiger partial charge in [0.1, 0.15) is 12.5 Å². The summed E-state index contributed by atoms with van der Waals surface area (Å²) in [6, 6.07) is 3.37. The number of halogens is 1. The normalized spacial score (nSPS) is 21.7. The number of nitrogens with one attached hydrogen (secondary N) is 2. The number of aromatic nitrogens is 3. The van der Waals surface area contributed by atoms with Gasteiger partial charge in [-0.05, 0) is 25.8 Å². The molecule has 0 saturated heterocycles. The molecule has 3 aromatic rings. The Morgan fingerprint density at radius 1 is 1.15 bits per heavy atom. The van der Waals surface area contributed by atoms with Crippen molar-refractivity contribution in [1.82, 2.24) is 15.0 Å². The number of anilines is 5. The van der Waals surface area contributed by atoms with Crippen LogP contribution in [0.25, 0.3) is 0 Å². The summed E-state index contributed by atoms with van der Waals surface area (Å²) in [5.41, 5.74) is -4.02. The molecule has 0 fully saturated rings. The van der Waals surface area contributed by atoms with E-state index < -0.39 is 125 Å². The number of ether oxygens (including phenoxy) is 4. The Morgan fingerprint density at radius 2 is 1.88 bits per heavy atom. The third kappa shape index (κ3) is 6.15. The summed E-state index contributed by atoms with van der Waals surface area (Å²) in [5.74, 6) is -9.66. The molecule has 0 radical (unpaired) electrons. The molecule has 0 unspecified atom stereocenters. The van der Waals surface area contributed by atoms with E-state index in [1.807, 2.05) is 0 Å². The Labute approximate surface area is 249 Å². The molecule has 0 bridgehead atoms. The molecular weight excluding hydrogens is 554 g/mol. The zero-order valence-electron chi connectivity index (χ0n) is 35.4. The highest BCUT2D eigenvalue weighted by molar-refractivity contribution is 7.46. The van der Waals surface area contributed by atoms with Crippen LogP contribution in [0.2, 0.25) is 0 Å². The zero-order valence-corrected chi connectivity index (χ0v) is 20.3. The zero-order chi connectivity index (χ0) is 42.6. The maximum atomic E-state index is 15.2. The molecule has 15 nitrogen and oxygen atoms in total. The molecule has 2 aromatic heterocycles. The van der Waals surface area contributed by atoms with Gasteiger partial charge in [0.2, 0.25) is 11.7 Å². The highest BCUT2D eigenvalue weighted by atomic mass is 31.2. The molecule has 3 heterocycles. The van der Waals surface area contributed by atoms with E-state index in [0.717, 1.165) is 24.3 Å². The number of fused-ring (bicyclic) bond motifs is 1. The van der Waals surface area contributed by atoms with Gasteiger partial charge in [0.25, 0.3) is 5.91 Å². The van der Waals surface area contributed by atoms with Crippen molar-refractivity contribution in [2.45, 2.75) is 19.3 Å². The van der Waals surface area contributed by atoms with E-state index in [0.29, 0.717) is 0 Å². The summed E-state index contributed by atoms with van der Waals surface area (Å²) < 4.78 is 173. The van der Waals surface area contributed by atoms with E-state index in [2.05, 4.69) is 30.1 Å². The molecule has 0 saturated carbocycles. The van der Waals surface area contributed by atoms with Crippen molar-refractivity contribution in [1.29, 1.82) is 0 Å². The van der Waals surface area contributed by atoms with Crippen molar-refractivity contribution < 1.29 is 68.9 Å². The fourth-order valence-corrected chi connectivity index (χ4v) is 3.42. The van der Waals surface area contributed by atoms with Gasteiger partial charge in [-0.3, -0.25) is 14.2 Å². The van der Waals surface area contributed by atoms with Crippen LogP contribution in [-0.4, -0.2) is 64.1 Å². The van der Waals surface area contributed by atoms with E-state index in [1.54, 1.807) is 0 Å². The van der Waals surface area contributed by atoms with Crippen molar-refractivity contribution in [3.63, 3.8) is 0 Å². The molecule has 214 valence electrons. The topological polar surface area (TPSA) is 187 Å². The Hall–Kier alpha value is -4.24. The molecule has 0 atom stereocenters. The van der Waals surface area contributed by atoms with Gasteiger partial charge in [-0.2, -0.15) is 4.98 Å². The van der Waals surface area contributed by atoms with E-state index >= 15 is 4.39 Å². The summed E-state index contributed by atoms with van der Waals surface area (Å²) in [5, 5.41) is 4.72. The second kappa shape index (κ2) is 11.1. The average Bonchev–Trinajstić information content (AvgIpc) is 2.97. The molecule has 4 N–H and O–H groups in total. The van der Waals surface area contributed by atoms with E-state index in [-0.39, 0.29) is 4.90 Å². The first-order valence-electron chi connectivity index (χ1n) is 18.3. The molecule has 40 heavy (non-hydrogen) atoms. The largest absolute Gasteiger partial charge is 0.493 e. The van der Waals surface area contributed by atoms with Gasteiger partial charge in [0.05, 0.1) is 41.0 Å². The van der Waals surface area contributed by atoms with Crippen LogP contribution in [0.4, 0.5) is 33.5 Å². The lowest BCUT2D eigenvalue weighted by molar-refractivity contribution is -0.133. The van der Waals surface area contributed by atoms with Gasteiger partial charge >= 0.3 is 7.82 Å². The Bertz CT molecular complexity index is 1990. The quantitative estimate of drug-likeness (QED) is 0.250. The van der Waals surface area contributed by atoms with Crippen LogP contribution in [0.15, 0.2) is 30.4 Å². The number of methoxy groups -OCH3 is 3. The van der Waals surface area contributed by atoms with Gasteiger partial charge in [0.15, 0.2) is 40.3 Å². The maximum Gasteiger partial charge on any atom is 0.471 e. The predicted molar refractivity (Wildman–Crippen MR) is 139 cm³/mol. The maximum absolute atomic E-state index is 15.2. The first-order valence-corrected chi connectivity index (χ1v) is 11.8. The molecule has 1 amide bonds. The van der Waals surface area contributed by atoms with Crippen molar-refractivity contribution in [2.24, 2.45) is 0 Å². The molecule has 0 aliphatic carbocycles. The molecule has 1 aliphatic rings. The van der Waals surface area contributed by atoms with Crippen LogP contribution in [0.3, 0.4) is 0 Å². The van der Waals surface area contributed by atoms with Gasteiger partial charge < -0.3 is 39.4 Å². The van der Waals surface area contributed by atoms with Crippen LogP contribution in [0, 0.1) is 5.82 Å². The fourth-order valence-electron chi connectivity index (χ4n) is 3.15. The highest BCUT2D eigenvalue weighted by Gasteiger charge is 2.42. The third-order valence-corrected chi connectivity index (χ3v) is 5.24. The van der Waals surface area contributed by atoms with Gasteiger partial charge in [-0.1, -0.05) is 0 Å². The van der Waals surface area contributed by atoms with Crippen molar-refractivity contribution >= 4 is 42.8 Å². The Kier molecular flexibility index (Phi) is 4.00. The molecule has 1 aliphatic heterocycles. The fraction of sp³-hybridized carbons (Fsp3) is 0.304. The number of nitrogens with zero attached hydrogens (tertiary/aromatic N) is 4. The van der Waals surface area contributed by atoms with Gasteiger partial charge in [0, 0.05) is 26.0 Å². The number of rotatable bonds is 10. The number of hydrogen-bond acceptors (Lipinski definition) is 12. The highest BCUT2D eigenvalue weighted by Crippen LogP contribution is 2.42. The SMILES string of the molecule is [2H]c1nc(Nc2cc(OC([2H])([2H])[2H])c(OC([2H])([2H])[2H])c(OC([2H])([2H])[2H])c2)nc(Nc2ccc3c(n2)N(COP(=O)(O)O)C(=O)C(C([2H])([2H])[2H])(C([2H])([2H])[2H])O3)c1F. The number of carbonyl (C=O) groups is 1. The van der Waals surface area contributed by atoms with Crippen LogP contribution >= 0.6 is 7.82 Å². The Morgan fingerprint density at radius 3 is 2.52 bits per heavy atom. The van der Waals surface area contributed by atoms with Gasteiger partial charge in [-0.15, -0.1) is 0 Å². The Balaban J connectivity index is 1.80. The summed E-state index contributed by atoms with van der Waals surface area (Å²) in [7, 11) is -15.2. The van der Waals surface area contributed by atoms with E-state index in [9.17, 15) is 19.1 Å². The second-order valence-electron chi connectivity index (χ2n) is 7.46. The van der Waals surface area contributed by atoms with Crippen LogP contribution in [-0.2, 0) is 13.9 Å². The van der Waals surface area contributed by atoms with Crippen molar-refractivity contribution in [3.05, 3.63) is 36.3 Å². The number of phosphoric acid groups is 1. The van der Waals surface area contributed by atoms with Crippen LogP contribution in [0.5, 0.6) is 23.0 Å². The smallest absolute Gasteiger partial charge is 0.471 e. The third-order valence-electron chi connectivity index (χ3n) is 4.79. The first-order chi connectivity index (χ1) is 25.2. The predicted octanol–water partition coefficient (Wildman–Crippen LogP) is 3.09. The minimum absolute atomic E-state index is 0.151. The lowest BCUT2D eigenvalue weighted by Gasteiger charge is -2.37. The average molecular weight is 597 g/mol. The van der Waals surface area contributed by atoms with Crippen molar-refractivity contribution in [2.75, 3.05) is 43.4 Å². The number of benzene rings is 1. The number of phosphoric ester groups is 1.